The molecular weight excluding hydrogens is 274 g/mol. The number of carbonyl (C=O) groups excluding carboxylic acids is 1. The Morgan fingerprint density at radius 3 is 2.95 bits per heavy atom. The van der Waals surface area contributed by atoms with Crippen molar-refractivity contribution < 1.29 is 9.90 Å². The second kappa shape index (κ2) is 4.43. The molecule has 2 aromatic rings. The molecule has 0 bridgehead atoms. The second-order valence-corrected chi connectivity index (χ2v) is 6.85. The number of fused-ring (bicyclic) bond motifs is 1. The summed E-state index contributed by atoms with van der Waals surface area (Å²) in [7, 11) is 0. The van der Waals surface area contributed by atoms with E-state index >= 15 is 0 Å². The number of carbonyl (C=O) groups is 1. The van der Waals surface area contributed by atoms with Crippen LogP contribution >= 0.6 is 11.3 Å². The van der Waals surface area contributed by atoms with Crippen LogP contribution in [0.2, 0.25) is 0 Å². The second-order valence-electron chi connectivity index (χ2n) is 5.79. The minimum Gasteiger partial charge on any atom is -0.396 e. The van der Waals surface area contributed by atoms with E-state index in [0.29, 0.717) is 22.5 Å². The van der Waals surface area contributed by atoms with Crippen molar-refractivity contribution in [3.05, 3.63) is 23.2 Å². The fourth-order valence-corrected chi connectivity index (χ4v) is 3.47. The lowest BCUT2D eigenvalue weighted by atomic mass is 9.64. The molecule has 3 rings (SSSR count). The number of nitrogens with two attached hydrogens (primary N) is 1. The molecule has 20 heavy (non-hydrogen) atoms. The summed E-state index contributed by atoms with van der Waals surface area (Å²) in [6.45, 7) is 3.89. The van der Waals surface area contributed by atoms with Crippen LogP contribution in [-0.4, -0.2) is 28.1 Å². The zero-order valence-electron chi connectivity index (χ0n) is 11.4. The van der Waals surface area contributed by atoms with E-state index in [1.807, 2.05) is 26.0 Å². The molecule has 1 aliphatic rings. The van der Waals surface area contributed by atoms with Gasteiger partial charge in [0.25, 0.3) is 5.91 Å². The molecule has 0 saturated heterocycles. The molecule has 1 fully saturated rings. The molecule has 1 aliphatic carbocycles. The third-order valence-corrected chi connectivity index (χ3v) is 5.37. The van der Waals surface area contributed by atoms with E-state index in [1.54, 1.807) is 6.20 Å². The van der Waals surface area contributed by atoms with Crippen LogP contribution in [0.4, 0.5) is 5.69 Å². The number of hydrogen-bond acceptors (Lipinski definition) is 5. The number of amides is 1. The first-order chi connectivity index (χ1) is 9.41. The van der Waals surface area contributed by atoms with Crippen molar-refractivity contribution in [2.45, 2.75) is 32.4 Å². The number of aromatic nitrogens is 1. The molecule has 1 amide bonds. The number of aliphatic hydroxyl groups is 1. The highest BCUT2D eigenvalue weighted by molar-refractivity contribution is 7.21. The van der Waals surface area contributed by atoms with E-state index < -0.39 is 0 Å². The molecule has 6 heteroatoms. The zero-order valence-corrected chi connectivity index (χ0v) is 12.2. The van der Waals surface area contributed by atoms with Gasteiger partial charge in [-0.2, -0.15) is 0 Å². The van der Waals surface area contributed by atoms with E-state index in [1.165, 1.54) is 11.3 Å². The van der Waals surface area contributed by atoms with Crippen LogP contribution in [-0.2, 0) is 0 Å². The number of rotatable bonds is 2. The minimum absolute atomic E-state index is 0.0254. The maximum absolute atomic E-state index is 12.3. The van der Waals surface area contributed by atoms with Gasteiger partial charge >= 0.3 is 0 Å². The third kappa shape index (κ3) is 1.87. The number of nitrogens with one attached hydrogen (secondary N) is 1. The first kappa shape index (κ1) is 13.3. The highest BCUT2D eigenvalue weighted by atomic mass is 32.1. The van der Waals surface area contributed by atoms with E-state index in [0.717, 1.165) is 4.70 Å². The van der Waals surface area contributed by atoms with Crippen LogP contribution < -0.4 is 11.1 Å². The third-order valence-electron chi connectivity index (χ3n) is 4.21. The molecular formula is C14H17N3O2S. The average Bonchev–Trinajstić information content (AvgIpc) is 2.76. The lowest BCUT2D eigenvalue weighted by Crippen LogP contribution is -2.61. The number of nitrogens with zero attached hydrogens (tertiary/aromatic N) is 1. The standard InChI is InChI=1S/C14H17N3O2S/c1-14(2)8(6-9(14)18)17-13(19)12-10(15)11-7(20-12)4-3-5-16-11/h3-5,8-9,18H,6,15H2,1-2H3,(H,17,19). The Bertz CT molecular complexity index is 680. The number of thiophene rings is 1. The van der Waals surface area contributed by atoms with Crippen LogP contribution in [0.15, 0.2) is 18.3 Å². The van der Waals surface area contributed by atoms with Crippen LogP contribution in [0.25, 0.3) is 10.2 Å². The molecule has 0 aromatic carbocycles. The predicted octanol–water partition coefficient (Wildman–Crippen LogP) is 1.77. The van der Waals surface area contributed by atoms with Gasteiger partial charge in [0.15, 0.2) is 0 Å². The Balaban J connectivity index is 1.85. The molecule has 0 radical (unpaired) electrons. The van der Waals surface area contributed by atoms with Crippen molar-refractivity contribution in [1.82, 2.24) is 10.3 Å². The van der Waals surface area contributed by atoms with Gasteiger partial charge in [-0.05, 0) is 18.6 Å². The summed E-state index contributed by atoms with van der Waals surface area (Å²) in [5.41, 5.74) is 6.82. The highest BCUT2D eigenvalue weighted by Crippen LogP contribution is 2.41. The van der Waals surface area contributed by atoms with Gasteiger partial charge in [0.05, 0.1) is 16.5 Å². The monoisotopic (exact) mass is 291 g/mol. The maximum atomic E-state index is 12.3. The van der Waals surface area contributed by atoms with Crippen molar-refractivity contribution in [2.24, 2.45) is 5.41 Å². The summed E-state index contributed by atoms with van der Waals surface area (Å²) >= 11 is 1.35. The number of aliphatic hydroxyl groups excluding tert-OH is 1. The Hall–Kier alpha value is -1.66. The van der Waals surface area contributed by atoms with Crippen molar-refractivity contribution in [3.8, 4) is 0 Å². The summed E-state index contributed by atoms with van der Waals surface area (Å²) in [5, 5.41) is 12.7. The van der Waals surface area contributed by atoms with Crippen molar-refractivity contribution in [2.75, 3.05) is 5.73 Å². The van der Waals surface area contributed by atoms with Gasteiger partial charge in [0, 0.05) is 17.7 Å². The average molecular weight is 291 g/mol. The summed E-state index contributed by atoms with van der Waals surface area (Å²) in [6, 6.07) is 3.70. The summed E-state index contributed by atoms with van der Waals surface area (Å²) in [5.74, 6) is -0.185. The van der Waals surface area contributed by atoms with Gasteiger partial charge < -0.3 is 16.2 Å². The van der Waals surface area contributed by atoms with Gasteiger partial charge in [-0.1, -0.05) is 13.8 Å². The topological polar surface area (TPSA) is 88.2 Å². The lowest BCUT2D eigenvalue weighted by molar-refractivity contribution is -0.0689. The number of nitrogen functional groups attached to an aromatic ring is 1. The normalized spacial score (nSPS) is 24.4. The fourth-order valence-electron chi connectivity index (χ4n) is 2.49. The van der Waals surface area contributed by atoms with Crippen molar-refractivity contribution >= 4 is 33.1 Å². The first-order valence-corrected chi connectivity index (χ1v) is 7.35. The smallest absolute Gasteiger partial charge is 0.263 e. The summed E-state index contributed by atoms with van der Waals surface area (Å²) in [4.78, 5) is 17.0. The Kier molecular flexibility index (Phi) is 2.95. The van der Waals surface area contributed by atoms with Crippen LogP contribution in [0, 0.1) is 5.41 Å². The molecule has 1 saturated carbocycles. The van der Waals surface area contributed by atoms with Gasteiger partial charge in [-0.25, -0.2) is 0 Å². The molecule has 2 atom stereocenters. The van der Waals surface area contributed by atoms with Crippen LogP contribution in [0.3, 0.4) is 0 Å². The quantitative estimate of drug-likeness (QED) is 0.787. The number of hydrogen-bond donors (Lipinski definition) is 3. The van der Waals surface area contributed by atoms with Gasteiger partial charge in [-0.3, -0.25) is 9.78 Å². The van der Waals surface area contributed by atoms with E-state index in [9.17, 15) is 9.90 Å². The summed E-state index contributed by atoms with van der Waals surface area (Å²) in [6.07, 6.45) is 1.88. The van der Waals surface area contributed by atoms with Crippen LogP contribution in [0.1, 0.15) is 29.9 Å². The van der Waals surface area contributed by atoms with Gasteiger partial charge in [0.1, 0.15) is 10.4 Å². The molecule has 2 unspecified atom stereocenters. The number of anilines is 1. The van der Waals surface area contributed by atoms with Crippen molar-refractivity contribution in [3.63, 3.8) is 0 Å². The van der Waals surface area contributed by atoms with Crippen LogP contribution in [0.5, 0.6) is 0 Å². The van der Waals surface area contributed by atoms with E-state index in [-0.39, 0.29) is 23.5 Å². The van der Waals surface area contributed by atoms with E-state index in [4.69, 9.17) is 5.73 Å². The molecule has 0 spiro atoms. The molecule has 106 valence electrons. The highest BCUT2D eigenvalue weighted by Gasteiger charge is 2.48. The minimum atomic E-state index is -0.366. The molecule has 5 nitrogen and oxygen atoms in total. The fraction of sp³-hybridized carbons (Fsp3) is 0.429. The lowest BCUT2D eigenvalue weighted by Gasteiger charge is -2.49. The van der Waals surface area contributed by atoms with Gasteiger partial charge in [-0.15, -0.1) is 11.3 Å². The molecule has 2 aromatic heterocycles. The Morgan fingerprint density at radius 2 is 2.35 bits per heavy atom. The van der Waals surface area contributed by atoms with Gasteiger partial charge in [0.2, 0.25) is 0 Å². The predicted molar refractivity (Wildman–Crippen MR) is 79.7 cm³/mol. The zero-order chi connectivity index (χ0) is 14.5. The Morgan fingerprint density at radius 1 is 1.60 bits per heavy atom. The molecule has 2 heterocycles. The molecule has 0 aliphatic heterocycles. The SMILES string of the molecule is CC1(C)C(O)CC1NC(=O)c1sc2cccnc2c1N. The number of pyridine rings is 1. The van der Waals surface area contributed by atoms with Crippen molar-refractivity contribution in [1.29, 1.82) is 0 Å². The molecule has 4 N–H and O–H groups in total. The van der Waals surface area contributed by atoms with E-state index in [2.05, 4.69) is 10.3 Å². The largest absolute Gasteiger partial charge is 0.396 e. The maximum Gasteiger partial charge on any atom is 0.263 e. The summed E-state index contributed by atoms with van der Waals surface area (Å²) < 4.78 is 0.906. The first-order valence-electron chi connectivity index (χ1n) is 6.53. The Labute approximate surface area is 120 Å².